The van der Waals surface area contributed by atoms with Gasteiger partial charge in [0, 0.05) is 25.8 Å². The first-order valence-corrected chi connectivity index (χ1v) is 8.65. The number of rotatable bonds is 3. The third-order valence-electron chi connectivity index (χ3n) is 4.97. The number of hydrogen-bond acceptors (Lipinski definition) is 7. The molecule has 0 spiro atoms. The molecular weight excluding hydrogens is 348 g/mol. The van der Waals surface area contributed by atoms with Gasteiger partial charge in [0.2, 0.25) is 0 Å². The smallest absolute Gasteiger partial charge is 0.319 e. The fraction of sp³-hybridized carbons (Fsp3) is 0.562. The summed E-state index contributed by atoms with van der Waals surface area (Å²) in [6, 6.07) is 3.60. The van der Waals surface area contributed by atoms with Crippen molar-refractivity contribution in [1.82, 2.24) is 14.8 Å². The number of aromatic nitrogens is 1. The molecule has 2 atom stereocenters. The van der Waals surface area contributed by atoms with Crippen molar-refractivity contribution in [1.29, 1.82) is 0 Å². The maximum Gasteiger partial charge on any atom is 0.319 e. The number of halogens is 1. The predicted molar refractivity (Wildman–Crippen MR) is 89.1 cm³/mol. The summed E-state index contributed by atoms with van der Waals surface area (Å²) in [5, 5.41) is 12.3. The Labute approximate surface area is 150 Å². The molecule has 0 aromatic carbocycles. The Morgan fingerprint density at radius 1 is 1.44 bits per heavy atom. The highest BCUT2D eigenvalue weighted by Crippen LogP contribution is 2.45. The Morgan fingerprint density at radius 3 is 3.00 bits per heavy atom. The minimum atomic E-state index is -0.832. The number of nitro groups is 1. The van der Waals surface area contributed by atoms with Gasteiger partial charge in [-0.1, -0.05) is 17.7 Å². The SMILES string of the molecule is CC12OCCCOC1C([N+](=O)[O-])=C1N(Cc3ccc(Cl)nc3)CCN12. The van der Waals surface area contributed by atoms with E-state index in [9.17, 15) is 10.1 Å². The number of fused-ring (bicyclic) bond motifs is 3. The van der Waals surface area contributed by atoms with Gasteiger partial charge < -0.3 is 19.3 Å². The number of pyridine rings is 1. The summed E-state index contributed by atoms with van der Waals surface area (Å²) in [5.41, 5.74) is 0.200. The monoisotopic (exact) mass is 366 g/mol. The molecule has 2 unspecified atom stereocenters. The van der Waals surface area contributed by atoms with Crippen LogP contribution in [0.3, 0.4) is 0 Å². The predicted octanol–water partition coefficient (Wildman–Crippen LogP) is 1.83. The minimum absolute atomic E-state index is 0.0869. The molecule has 1 aromatic rings. The number of nitrogens with zero attached hydrogens (tertiary/aromatic N) is 4. The van der Waals surface area contributed by atoms with Crippen LogP contribution in [0, 0.1) is 10.1 Å². The zero-order valence-corrected chi connectivity index (χ0v) is 14.6. The molecule has 3 aliphatic heterocycles. The van der Waals surface area contributed by atoms with E-state index in [0.29, 0.717) is 43.8 Å². The molecule has 0 bridgehead atoms. The molecule has 4 heterocycles. The molecule has 2 fully saturated rings. The van der Waals surface area contributed by atoms with Crippen molar-refractivity contribution in [3.05, 3.63) is 50.7 Å². The van der Waals surface area contributed by atoms with Crippen molar-refractivity contribution >= 4 is 11.6 Å². The summed E-state index contributed by atoms with van der Waals surface area (Å²) >= 11 is 5.83. The second kappa shape index (κ2) is 6.12. The molecule has 9 heteroatoms. The summed E-state index contributed by atoms with van der Waals surface area (Å²) in [6.45, 7) is 4.73. The van der Waals surface area contributed by atoms with Gasteiger partial charge in [0.25, 0.3) is 0 Å². The lowest BCUT2D eigenvalue weighted by molar-refractivity contribution is -0.440. The summed E-state index contributed by atoms with van der Waals surface area (Å²) in [6.07, 6.45) is 1.74. The van der Waals surface area contributed by atoms with Gasteiger partial charge in [-0.25, -0.2) is 4.98 Å². The Balaban J connectivity index is 1.70. The van der Waals surface area contributed by atoms with Crippen LogP contribution in [0.15, 0.2) is 29.8 Å². The number of ether oxygens (including phenoxy) is 2. The second-order valence-corrected chi connectivity index (χ2v) is 6.92. The Bertz CT molecular complexity index is 725. The highest BCUT2D eigenvalue weighted by Gasteiger charge is 2.61. The highest BCUT2D eigenvalue weighted by molar-refractivity contribution is 6.29. The molecule has 0 radical (unpaired) electrons. The van der Waals surface area contributed by atoms with Gasteiger partial charge >= 0.3 is 5.70 Å². The third kappa shape index (κ3) is 2.65. The quantitative estimate of drug-likeness (QED) is 0.458. The normalized spacial score (nSPS) is 28.8. The van der Waals surface area contributed by atoms with Crippen molar-refractivity contribution in [2.75, 3.05) is 26.3 Å². The van der Waals surface area contributed by atoms with Crippen LogP contribution in [-0.4, -0.2) is 57.8 Å². The Kier molecular flexibility index (Phi) is 4.05. The van der Waals surface area contributed by atoms with Crippen molar-refractivity contribution < 1.29 is 14.4 Å². The fourth-order valence-electron chi connectivity index (χ4n) is 3.83. The second-order valence-electron chi connectivity index (χ2n) is 6.54. The summed E-state index contributed by atoms with van der Waals surface area (Å²) < 4.78 is 11.9. The van der Waals surface area contributed by atoms with Crippen molar-refractivity contribution in [2.24, 2.45) is 0 Å². The molecule has 134 valence electrons. The van der Waals surface area contributed by atoms with E-state index in [2.05, 4.69) is 4.98 Å². The van der Waals surface area contributed by atoms with Crippen LogP contribution in [-0.2, 0) is 16.0 Å². The van der Waals surface area contributed by atoms with Crippen LogP contribution >= 0.6 is 11.6 Å². The van der Waals surface area contributed by atoms with E-state index < -0.39 is 11.8 Å². The van der Waals surface area contributed by atoms with E-state index in [1.165, 1.54) is 0 Å². The van der Waals surface area contributed by atoms with E-state index in [1.807, 2.05) is 22.8 Å². The van der Waals surface area contributed by atoms with Crippen molar-refractivity contribution in [3.63, 3.8) is 0 Å². The molecule has 4 rings (SSSR count). The first-order chi connectivity index (χ1) is 12.0. The fourth-order valence-corrected chi connectivity index (χ4v) is 3.94. The largest absolute Gasteiger partial charge is 0.362 e. The van der Waals surface area contributed by atoms with Gasteiger partial charge in [0.05, 0.1) is 18.1 Å². The third-order valence-corrected chi connectivity index (χ3v) is 5.20. The molecular formula is C16H19ClN4O4. The van der Waals surface area contributed by atoms with Crippen LogP contribution in [0.4, 0.5) is 0 Å². The van der Waals surface area contributed by atoms with Crippen LogP contribution in [0.25, 0.3) is 0 Å². The molecule has 0 aliphatic carbocycles. The van der Waals surface area contributed by atoms with E-state index in [-0.39, 0.29) is 10.6 Å². The van der Waals surface area contributed by atoms with Gasteiger partial charge in [-0.2, -0.15) is 0 Å². The standard InChI is InChI=1S/C16H19ClN4O4/c1-16-14(24-7-2-8-25-16)13(21(22)23)15-19(5-6-20(15)16)10-11-3-4-12(17)18-9-11/h3-4,9,14H,2,5-8,10H2,1H3. The molecule has 0 saturated carbocycles. The maximum atomic E-state index is 11.8. The van der Waals surface area contributed by atoms with Crippen molar-refractivity contribution in [2.45, 2.75) is 31.7 Å². The molecule has 2 saturated heterocycles. The molecule has 3 aliphatic rings. The van der Waals surface area contributed by atoms with Crippen LogP contribution in [0.2, 0.25) is 5.15 Å². The Morgan fingerprint density at radius 2 is 2.28 bits per heavy atom. The average molecular weight is 367 g/mol. The first-order valence-electron chi connectivity index (χ1n) is 8.28. The van der Waals surface area contributed by atoms with E-state index in [4.69, 9.17) is 21.1 Å². The summed E-state index contributed by atoms with van der Waals surface area (Å²) in [5.74, 6) is 0.592. The van der Waals surface area contributed by atoms with E-state index in [0.717, 1.165) is 12.0 Å². The molecule has 1 aromatic heterocycles. The first kappa shape index (κ1) is 16.6. The summed E-state index contributed by atoms with van der Waals surface area (Å²) in [4.78, 5) is 19.6. The average Bonchev–Trinajstić information content (AvgIpc) is 3.01. The Hall–Kier alpha value is -1.90. The zero-order valence-electron chi connectivity index (χ0n) is 13.9. The van der Waals surface area contributed by atoms with E-state index >= 15 is 0 Å². The highest BCUT2D eigenvalue weighted by atomic mass is 35.5. The molecule has 8 nitrogen and oxygen atoms in total. The van der Waals surface area contributed by atoms with Gasteiger partial charge in [0.15, 0.2) is 17.6 Å². The lowest BCUT2D eigenvalue weighted by Gasteiger charge is -2.36. The van der Waals surface area contributed by atoms with Gasteiger partial charge in [0.1, 0.15) is 5.15 Å². The molecule has 25 heavy (non-hydrogen) atoms. The summed E-state index contributed by atoms with van der Waals surface area (Å²) in [7, 11) is 0. The van der Waals surface area contributed by atoms with Gasteiger partial charge in [-0.3, -0.25) is 10.1 Å². The van der Waals surface area contributed by atoms with Gasteiger partial charge in [-0.15, -0.1) is 0 Å². The van der Waals surface area contributed by atoms with E-state index in [1.54, 1.807) is 12.3 Å². The minimum Gasteiger partial charge on any atom is -0.362 e. The molecule has 0 N–H and O–H groups in total. The van der Waals surface area contributed by atoms with Crippen LogP contribution in [0.5, 0.6) is 0 Å². The zero-order chi connectivity index (χ0) is 17.6. The van der Waals surface area contributed by atoms with Crippen molar-refractivity contribution in [3.8, 4) is 0 Å². The topological polar surface area (TPSA) is 81.0 Å². The lowest BCUT2D eigenvalue weighted by atomic mass is 10.1. The molecule has 0 amide bonds. The van der Waals surface area contributed by atoms with Crippen LogP contribution in [0.1, 0.15) is 18.9 Å². The van der Waals surface area contributed by atoms with Gasteiger partial charge in [-0.05, 0) is 25.0 Å². The lowest BCUT2D eigenvalue weighted by Crippen LogP contribution is -2.51. The number of hydrogen-bond donors (Lipinski definition) is 0. The van der Waals surface area contributed by atoms with Crippen LogP contribution < -0.4 is 0 Å². The maximum absolute atomic E-state index is 11.8.